The number of Topliss-reactive ketones (excluding diaryl/α,β-unsaturated/α-hetero) is 1. The third kappa shape index (κ3) is 5.05. The Labute approximate surface area is 188 Å². The molecule has 9 heteroatoms. The molecular formula is C23H22FN5O2S. The lowest BCUT2D eigenvalue weighted by Gasteiger charge is -2.14. The van der Waals surface area contributed by atoms with Crippen molar-refractivity contribution in [3.63, 3.8) is 0 Å². The number of nitrogens with one attached hydrogen (secondary N) is 1. The van der Waals surface area contributed by atoms with Crippen LogP contribution in [0.15, 0.2) is 42.7 Å². The number of hydrogen-bond acceptors (Lipinski definition) is 8. The number of rotatable bonds is 8. The first kappa shape index (κ1) is 21.8. The summed E-state index contributed by atoms with van der Waals surface area (Å²) < 4.78 is 14.2. The third-order valence-electron chi connectivity index (χ3n) is 5.00. The van der Waals surface area contributed by atoms with E-state index in [1.165, 1.54) is 17.4 Å². The van der Waals surface area contributed by atoms with Crippen molar-refractivity contribution >= 4 is 33.4 Å². The minimum Gasteiger partial charge on any atom is -0.508 e. The molecule has 0 unspecified atom stereocenters. The summed E-state index contributed by atoms with van der Waals surface area (Å²) >= 11 is 1.39. The molecule has 3 aromatic heterocycles. The molecule has 1 aromatic carbocycles. The van der Waals surface area contributed by atoms with Crippen LogP contribution in [0.5, 0.6) is 5.75 Å². The van der Waals surface area contributed by atoms with Crippen molar-refractivity contribution in [3.05, 3.63) is 70.4 Å². The van der Waals surface area contributed by atoms with Crippen molar-refractivity contribution in [3.8, 4) is 5.75 Å². The number of aromatic hydroxyl groups is 1. The lowest BCUT2D eigenvalue weighted by Crippen LogP contribution is -2.13. The zero-order valence-corrected chi connectivity index (χ0v) is 18.5. The molecule has 4 aromatic rings. The normalized spacial score (nSPS) is 12.1. The van der Waals surface area contributed by atoms with Gasteiger partial charge in [-0.3, -0.25) is 9.78 Å². The highest BCUT2D eigenvalue weighted by Crippen LogP contribution is 2.27. The van der Waals surface area contributed by atoms with Gasteiger partial charge in [-0.1, -0.05) is 12.1 Å². The Hall–Kier alpha value is -3.46. The van der Waals surface area contributed by atoms with Crippen molar-refractivity contribution in [2.24, 2.45) is 0 Å². The van der Waals surface area contributed by atoms with Gasteiger partial charge in [-0.05, 0) is 56.0 Å². The topological polar surface area (TPSA) is 101 Å². The highest BCUT2D eigenvalue weighted by Gasteiger charge is 2.19. The van der Waals surface area contributed by atoms with E-state index in [4.69, 9.17) is 0 Å². The van der Waals surface area contributed by atoms with Crippen LogP contribution >= 0.6 is 11.3 Å². The number of hydrogen-bond donors (Lipinski definition) is 2. The highest BCUT2D eigenvalue weighted by molar-refractivity contribution is 7.18. The molecule has 4 rings (SSSR count). The maximum absolute atomic E-state index is 13.5. The van der Waals surface area contributed by atoms with Crippen molar-refractivity contribution in [2.45, 2.75) is 39.2 Å². The molecule has 32 heavy (non-hydrogen) atoms. The van der Waals surface area contributed by atoms with Gasteiger partial charge in [0.05, 0.1) is 17.2 Å². The van der Waals surface area contributed by atoms with Gasteiger partial charge in [-0.25, -0.2) is 14.4 Å². The summed E-state index contributed by atoms with van der Waals surface area (Å²) in [6.07, 6.45) is 4.41. The third-order valence-corrected chi connectivity index (χ3v) is 5.97. The zero-order valence-electron chi connectivity index (χ0n) is 17.7. The molecule has 0 spiro atoms. The number of aromatic nitrogens is 4. The monoisotopic (exact) mass is 451 g/mol. The molecule has 0 aliphatic rings. The molecule has 0 bridgehead atoms. The van der Waals surface area contributed by atoms with E-state index in [2.05, 4.69) is 25.3 Å². The summed E-state index contributed by atoms with van der Waals surface area (Å²) in [5.41, 5.74) is 2.51. The number of benzene rings is 1. The minimum absolute atomic E-state index is 0.0806. The number of carbonyl (C=O) groups excluding carboxylic acids is 1. The predicted molar refractivity (Wildman–Crippen MR) is 122 cm³/mol. The summed E-state index contributed by atoms with van der Waals surface area (Å²) in [7, 11) is 0. The number of nitrogens with zero attached hydrogens (tertiary/aromatic N) is 4. The smallest absolute Gasteiger partial charge is 0.225 e. The maximum Gasteiger partial charge on any atom is 0.225 e. The number of phenolic OH excluding ortho intramolecular Hbond substituents is 1. The van der Waals surface area contributed by atoms with Crippen LogP contribution in [0.3, 0.4) is 0 Å². The van der Waals surface area contributed by atoms with E-state index in [1.807, 2.05) is 26.0 Å². The van der Waals surface area contributed by atoms with Gasteiger partial charge >= 0.3 is 0 Å². The number of aryl methyl sites for hydroxylation is 2. The van der Waals surface area contributed by atoms with E-state index in [-0.39, 0.29) is 23.5 Å². The molecule has 3 heterocycles. The van der Waals surface area contributed by atoms with Crippen LogP contribution in [0.1, 0.15) is 52.4 Å². The van der Waals surface area contributed by atoms with E-state index < -0.39 is 5.82 Å². The summed E-state index contributed by atoms with van der Waals surface area (Å²) in [4.78, 5) is 30.3. The molecule has 0 fully saturated rings. The van der Waals surface area contributed by atoms with Crippen LogP contribution < -0.4 is 5.32 Å². The molecule has 0 saturated carbocycles. The first-order chi connectivity index (χ1) is 15.4. The number of pyridine rings is 1. The van der Waals surface area contributed by atoms with Crippen molar-refractivity contribution in [1.82, 2.24) is 19.9 Å². The first-order valence-electron chi connectivity index (χ1n) is 10.2. The second-order valence-electron chi connectivity index (χ2n) is 7.53. The van der Waals surface area contributed by atoms with Crippen LogP contribution in [0.2, 0.25) is 0 Å². The molecule has 0 radical (unpaired) electrons. The van der Waals surface area contributed by atoms with Crippen LogP contribution in [0.4, 0.5) is 10.3 Å². The molecule has 2 N–H and O–H groups in total. The average molecular weight is 452 g/mol. The quantitative estimate of drug-likeness (QED) is 0.363. The Morgan fingerprint density at radius 3 is 2.72 bits per heavy atom. The molecule has 0 saturated heterocycles. The first-order valence-corrected chi connectivity index (χ1v) is 11.0. The Kier molecular flexibility index (Phi) is 6.36. The van der Waals surface area contributed by atoms with Crippen molar-refractivity contribution in [2.75, 3.05) is 5.32 Å². The number of phenols is 1. The lowest BCUT2D eigenvalue weighted by molar-refractivity contribution is 0.0977. The molecule has 0 aliphatic heterocycles. The Balaban J connectivity index is 1.53. The maximum atomic E-state index is 13.5. The van der Waals surface area contributed by atoms with Crippen LogP contribution in [-0.2, 0) is 6.42 Å². The van der Waals surface area contributed by atoms with E-state index in [0.29, 0.717) is 34.4 Å². The number of thiazole rings is 1. The number of fused-ring (bicyclic) bond motifs is 1. The molecule has 1 atom stereocenters. The summed E-state index contributed by atoms with van der Waals surface area (Å²) in [6, 6.07) is 8.05. The number of carbonyl (C=O) groups is 1. The van der Waals surface area contributed by atoms with Gasteiger partial charge in [-0.2, -0.15) is 4.98 Å². The zero-order chi connectivity index (χ0) is 22.7. The Bertz CT molecular complexity index is 1260. The molecule has 0 aliphatic carbocycles. The van der Waals surface area contributed by atoms with Crippen LogP contribution in [-0.4, -0.2) is 30.8 Å². The van der Waals surface area contributed by atoms with Crippen molar-refractivity contribution in [1.29, 1.82) is 0 Å². The van der Waals surface area contributed by atoms with Gasteiger partial charge in [-0.15, -0.1) is 11.3 Å². The van der Waals surface area contributed by atoms with Gasteiger partial charge in [0.25, 0.3) is 0 Å². The van der Waals surface area contributed by atoms with Gasteiger partial charge < -0.3 is 10.4 Å². The average Bonchev–Trinajstić information content (AvgIpc) is 3.14. The van der Waals surface area contributed by atoms with Gasteiger partial charge in [0.15, 0.2) is 11.4 Å². The summed E-state index contributed by atoms with van der Waals surface area (Å²) in [5.74, 6) is -0.0198. The highest BCUT2D eigenvalue weighted by atomic mass is 32.1. The van der Waals surface area contributed by atoms with Gasteiger partial charge in [0.1, 0.15) is 22.0 Å². The second kappa shape index (κ2) is 9.35. The predicted octanol–water partition coefficient (Wildman–Crippen LogP) is 5.01. The fourth-order valence-corrected chi connectivity index (χ4v) is 4.22. The molecular weight excluding hydrogens is 429 g/mol. The van der Waals surface area contributed by atoms with Crippen molar-refractivity contribution < 1.29 is 14.3 Å². The van der Waals surface area contributed by atoms with E-state index in [1.54, 1.807) is 18.3 Å². The number of anilines is 1. The summed E-state index contributed by atoms with van der Waals surface area (Å²) in [5, 5.41) is 13.3. The Morgan fingerprint density at radius 1 is 1.19 bits per heavy atom. The molecule has 164 valence electrons. The summed E-state index contributed by atoms with van der Waals surface area (Å²) in [6.45, 7) is 3.70. The standard InChI is InChI=1S/C23H22FN5O2S/c1-13(16-10-17(24)12-25-11-16)26-23-28-20(21-22(29-23)27-14(2)32-21)19(31)5-3-4-15-6-8-18(30)9-7-15/h6-13,30H,3-5H2,1-2H3,(H,26,28,29)/t13-/m0/s1. The molecule has 7 nitrogen and oxygen atoms in total. The lowest BCUT2D eigenvalue weighted by atomic mass is 10.1. The fourth-order valence-electron chi connectivity index (χ4n) is 3.36. The van der Waals surface area contributed by atoms with Gasteiger partial charge in [0, 0.05) is 12.6 Å². The van der Waals surface area contributed by atoms with Crippen LogP contribution in [0, 0.1) is 12.7 Å². The van der Waals surface area contributed by atoms with Crippen LogP contribution in [0.25, 0.3) is 10.3 Å². The minimum atomic E-state index is -0.424. The fraction of sp³-hybridized carbons (Fsp3) is 0.261. The van der Waals surface area contributed by atoms with E-state index in [9.17, 15) is 14.3 Å². The van der Waals surface area contributed by atoms with E-state index in [0.717, 1.165) is 23.2 Å². The Morgan fingerprint density at radius 2 is 1.97 bits per heavy atom. The number of halogens is 1. The SMILES string of the molecule is Cc1nc2nc(N[C@@H](C)c3cncc(F)c3)nc(C(=O)CCCc3ccc(O)cc3)c2s1. The molecule has 0 amide bonds. The van der Waals surface area contributed by atoms with Gasteiger partial charge in [0.2, 0.25) is 5.95 Å². The second-order valence-corrected chi connectivity index (χ2v) is 8.73. The largest absolute Gasteiger partial charge is 0.508 e. The number of ketones is 1. The van der Waals surface area contributed by atoms with E-state index >= 15 is 0 Å².